The number of aryl methyl sites for hydroxylation is 1. The number of hydrogen-bond donors (Lipinski definition) is 3. The van der Waals surface area contributed by atoms with Crippen LogP contribution in [0, 0.1) is 11.8 Å². The van der Waals surface area contributed by atoms with Gasteiger partial charge in [0.2, 0.25) is 0 Å². The lowest BCUT2D eigenvalue weighted by atomic mass is 9.89. The highest BCUT2D eigenvalue weighted by Crippen LogP contribution is 2.31. The molecular formula is C32H40FN5O3. The van der Waals surface area contributed by atoms with Crippen LogP contribution in [0.3, 0.4) is 0 Å². The van der Waals surface area contributed by atoms with Gasteiger partial charge in [0.25, 0.3) is 5.91 Å². The van der Waals surface area contributed by atoms with Crippen molar-refractivity contribution in [1.29, 1.82) is 0 Å². The summed E-state index contributed by atoms with van der Waals surface area (Å²) >= 11 is 0. The van der Waals surface area contributed by atoms with Crippen molar-refractivity contribution < 1.29 is 18.7 Å². The van der Waals surface area contributed by atoms with Gasteiger partial charge in [0.05, 0.1) is 50.3 Å². The van der Waals surface area contributed by atoms with Crippen molar-refractivity contribution in [1.82, 2.24) is 14.8 Å². The minimum Gasteiger partial charge on any atom is -0.495 e. The molecule has 2 fully saturated rings. The van der Waals surface area contributed by atoms with Crippen LogP contribution >= 0.6 is 0 Å². The smallest absolute Gasteiger partial charge is 0.251 e. The molecule has 2 aliphatic rings. The first-order valence-electron chi connectivity index (χ1n) is 14.5. The zero-order valence-corrected chi connectivity index (χ0v) is 24.0. The molecular weight excluding hydrogens is 521 g/mol. The van der Waals surface area contributed by atoms with Crippen LogP contribution in [0.15, 0.2) is 42.5 Å². The normalized spacial score (nSPS) is 19.3. The number of methoxy groups -OCH3 is 1. The molecule has 3 aromatic rings. The minimum atomic E-state index is -0.463. The molecule has 2 aromatic carbocycles. The average molecular weight is 562 g/mol. The molecule has 1 saturated heterocycles. The van der Waals surface area contributed by atoms with Crippen molar-refractivity contribution in [2.75, 3.05) is 64.3 Å². The van der Waals surface area contributed by atoms with Crippen molar-refractivity contribution in [3.63, 3.8) is 0 Å². The van der Waals surface area contributed by atoms with Gasteiger partial charge in [-0.1, -0.05) is 12.0 Å². The van der Waals surface area contributed by atoms with Crippen LogP contribution in [0.1, 0.15) is 41.7 Å². The first-order valence-corrected chi connectivity index (χ1v) is 14.5. The molecule has 0 unspecified atom stereocenters. The summed E-state index contributed by atoms with van der Waals surface area (Å²) in [6, 6.07) is 14.6. The zero-order chi connectivity index (χ0) is 28.6. The molecule has 3 N–H and O–H groups in total. The van der Waals surface area contributed by atoms with Gasteiger partial charge in [-0.05, 0) is 68.0 Å². The Kier molecular flexibility index (Phi) is 9.65. The molecule has 1 aliphatic carbocycles. The second kappa shape index (κ2) is 13.7. The van der Waals surface area contributed by atoms with Crippen LogP contribution in [-0.2, 0) is 11.3 Å². The van der Waals surface area contributed by atoms with Crippen LogP contribution < -0.4 is 20.7 Å². The van der Waals surface area contributed by atoms with Crippen molar-refractivity contribution in [2.24, 2.45) is 0 Å². The van der Waals surface area contributed by atoms with E-state index in [1.807, 2.05) is 16.7 Å². The van der Waals surface area contributed by atoms with Gasteiger partial charge in [-0.2, -0.15) is 0 Å². The molecule has 218 valence electrons. The topological polar surface area (TPSA) is 79.8 Å². The number of aromatic nitrogens is 1. The van der Waals surface area contributed by atoms with Gasteiger partial charge in [0, 0.05) is 48.9 Å². The van der Waals surface area contributed by atoms with Crippen LogP contribution in [0.2, 0.25) is 0 Å². The van der Waals surface area contributed by atoms with E-state index in [-0.39, 0.29) is 12.5 Å². The second-order valence-corrected chi connectivity index (χ2v) is 10.6. The van der Waals surface area contributed by atoms with Gasteiger partial charge < -0.3 is 30.0 Å². The van der Waals surface area contributed by atoms with E-state index >= 15 is 0 Å². The first-order chi connectivity index (χ1) is 20.1. The number of nitrogens with zero attached hydrogens (tertiary/aromatic N) is 2. The van der Waals surface area contributed by atoms with E-state index in [0.29, 0.717) is 29.9 Å². The number of anilines is 2. The molecule has 0 spiro atoms. The van der Waals surface area contributed by atoms with Crippen LogP contribution in [0.25, 0.3) is 10.9 Å². The summed E-state index contributed by atoms with van der Waals surface area (Å²) in [5.74, 6) is 6.80. The summed E-state index contributed by atoms with van der Waals surface area (Å²) in [6.45, 7) is 3.93. The zero-order valence-electron chi connectivity index (χ0n) is 24.0. The first kappa shape index (κ1) is 28.8. The number of carbonyl (C=O) groups is 1. The van der Waals surface area contributed by atoms with E-state index in [1.54, 1.807) is 32.4 Å². The number of amides is 1. The Morgan fingerprint density at radius 1 is 1.10 bits per heavy atom. The Morgan fingerprint density at radius 2 is 1.90 bits per heavy atom. The highest BCUT2D eigenvalue weighted by molar-refractivity contribution is 5.95. The van der Waals surface area contributed by atoms with Gasteiger partial charge in [0.15, 0.2) is 0 Å². The number of alkyl halides is 1. The third-order valence-electron chi connectivity index (χ3n) is 8.15. The van der Waals surface area contributed by atoms with Crippen LogP contribution in [0.4, 0.5) is 15.8 Å². The van der Waals surface area contributed by atoms with Gasteiger partial charge in [0.1, 0.15) is 12.4 Å². The standard InChI is InChI=1S/C32H40FN5O3/c1-34-32(39)23-8-13-29(31(21-23)40-2)35-15-4-5-26-22-27-28(6-3-7-30(27)38(26)16-14-33)36-24-9-11-25(12-10-24)37-17-19-41-20-18-37/h3,6-8,13,21-22,24-25,35-36H,9-12,14-20H2,1-2H3,(H,34,39)/t24-,25-. The summed E-state index contributed by atoms with van der Waals surface area (Å²) in [7, 11) is 3.16. The van der Waals surface area contributed by atoms with Crippen molar-refractivity contribution in [3.05, 3.63) is 53.7 Å². The molecule has 1 aromatic heterocycles. The Hall–Kier alpha value is -3.74. The molecule has 1 saturated carbocycles. The number of ether oxygens (including phenoxy) is 2. The van der Waals surface area contributed by atoms with E-state index in [2.05, 4.69) is 44.8 Å². The fourth-order valence-corrected chi connectivity index (χ4v) is 5.98. The molecule has 9 heteroatoms. The van der Waals surface area contributed by atoms with Gasteiger partial charge in [-0.3, -0.25) is 9.69 Å². The fraction of sp³-hybridized carbons (Fsp3) is 0.469. The molecule has 8 nitrogen and oxygen atoms in total. The third-order valence-corrected chi connectivity index (χ3v) is 8.15. The summed E-state index contributed by atoms with van der Waals surface area (Å²) in [5.41, 5.74) is 4.11. The number of rotatable bonds is 9. The van der Waals surface area contributed by atoms with Crippen molar-refractivity contribution in [2.45, 2.75) is 44.3 Å². The second-order valence-electron chi connectivity index (χ2n) is 10.6. The Balaban J connectivity index is 1.27. The van der Waals surface area contributed by atoms with E-state index in [4.69, 9.17) is 9.47 Å². The lowest BCUT2D eigenvalue weighted by molar-refractivity contribution is 0.00791. The molecule has 0 bridgehead atoms. The lowest BCUT2D eigenvalue weighted by Gasteiger charge is -2.39. The third kappa shape index (κ3) is 6.77. The quantitative estimate of drug-likeness (QED) is 0.334. The van der Waals surface area contributed by atoms with Crippen LogP contribution in [-0.4, -0.2) is 81.1 Å². The SMILES string of the molecule is CNC(=O)c1ccc(NCC#Cc2cc3c(N[C@H]4CC[C@H](N5CCOCC5)CC4)cccc3n2CCF)c(OC)c1. The number of fused-ring (bicyclic) bond motifs is 1. The van der Waals surface area contributed by atoms with Gasteiger partial charge in [-0.15, -0.1) is 0 Å². The molecule has 0 radical (unpaired) electrons. The highest BCUT2D eigenvalue weighted by Gasteiger charge is 2.27. The highest BCUT2D eigenvalue weighted by atomic mass is 19.1. The Bertz CT molecular complexity index is 1400. The molecule has 41 heavy (non-hydrogen) atoms. The van der Waals surface area contributed by atoms with E-state index in [1.165, 1.54) is 12.8 Å². The molecule has 5 rings (SSSR count). The summed E-state index contributed by atoms with van der Waals surface area (Å²) in [5, 5.41) is 10.7. The molecule has 1 amide bonds. The van der Waals surface area contributed by atoms with E-state index in [9.17, 15) is 9.18 Å². The number of benzene rings is 2. The largest absolute Gasteiger partial charge is 0.495 e. The average Bonchev–Trinajstić information content (AvgIpc) is 3.38. The number of nitrogens with one attached hydrogen (secondary N) is 3. The molecule has 2 heterocycles. The van der Waals surface area contributed by atoms with Gasteiger partial charge in [-0.25, -0.2) is 4.39 Å². The van der Waals surface area contributed by atoms with E-state index in [0.717, 1.165) is 67.1 Å². The number of carbonyl (C=O) groups excluding carboxylic acids is 1. The summed E-state index contributed by atoms with van der Waals surface area (Å²) < 4.78 is 26.5. The lowest BCUT2D eigenvalue weighted by Crippen LogP contribution is -2.46. The fourth-order valence-electron chi connectivity index (χ4n) is 5.98. The van der Waals surface area contributed by atoms with Crippen molar-refractivity contribution in [3.8, 4) is 17.6 Å². The number of morpholine rings is 1. The van der Waals surface area contributed by atoms with Crippen molar-refractivity contribution >= 4 is 28.2 Å². The molecule has 0 atom stereocenters. The number of halogens is 1. The predicted octanol–water partition coefficient (Wildman–Crippen LogP) is 4.50. The molecule has 1 aliphatic heterocycles. The summed E-state index contributed by atoms with van der Waals surface area (Å²) in [6.07, 6.45) is 4.66. The number of hydrogen-bond acceptors (Lipinski definition) is 6. The maximum atomic E-state index is 13.6. The van der Waals surface area contributed by atoms with E-state index < -0.39 is 6.67 Å². The minimum absolute atomic E-state index is 0.176. The predicted molar refractivity (Wildman–Crippen MR) is 162 cm³/mol. The van der Waals surface area contributed by atoms with Crippen LogP contribution in [0.5, 0.6) is 5.75 Å². The maximum absolute atomic E-state index is 13.6. The summed E-state index contributed by atoms with van der Waals surface area (Å²) in [4.78, 5) is 14.5. The Labute approximate surface area is 241 Å². The Morgan fingerprint density at radius 3 is 2.63 bits per heavy atom. The maximum Gasteiger partial charge on any atom is 0.251 e. The van der Waals surface area contributed by atoms with Gasteiger partial charge >= 0.3 is 0 Å². The monoisotopic (exact) mass is 561 g/mol.